The van der Waals surface area contributed by atoms with Crippen molar-refractivity contribution in [2.24, 2.45) is 0 Å². The molecule has 0 saturated heterocycles. The van der Waals surface area contributed by atoms with Gasteiger partial charge in [-0.3, -0.25) is 4.90 Å². The van der Waals surface area contributed by atoms with E-state index in [1.807, 2.05) is 23.9 Å². The van der Waals surface area contributed by atoms with Gasteiger partial charge in [-0.2, -0.15) is 11.8 Å². The molecule has 0 amide bonds. The van der Waals surface area contributed by atoms with Crippen molar-refractivity contribution in [2.75, 3.05) is 19.8 Å². The number of halogens is 2. The Morgan fingerprint density at radius 3 is 2.54 bits per heavy atom. The first kappa shape index (κ1) is 20.1. The molecule has 0 spiro atoms. The van der Waals surface area contributed by atoms with Crippen LogP contribution < -0.4 is 0 Å². The van der Waals surface area contributed by atoms with Crippen molar-refractivity contribution in [1.29, 1.82) is 0 Å². The fourth-order valence-corrected chi connectivity index (χ4v) is 4.98. The molecule has 2 unspecified atom stereocenters. The molecule has 140 valence electrons. The van der Waals surface area contributed by atoms with Gasteiger partial charge < -0.3 is 0 Å². The molecule has 2 aromatic carbocycles. The minimum absolute atomic E-state index is 0.398. The summed E-state index contributed by atoms with van der Waals surface area (Å²) in [5, 5.41) is 1.28. The van der Waals surface area contributed by atoms with E-state index in [9.17, 15) is 0 Å². The van der Waals surface area contributed by atoms with E-state index in [1.165, 1.54) is 35.1 Å². The summed E-state index contributed by atoms with van der Waals surface area (Å²) in [4.78, 5) is 2.52. The van der Waals surface area contributed by atoms with Gasteiger partial charge in [-0.1, -0.05) is 54.4 Å². The largest absolute Gasteiger partial charge is 0.299 e. The number of benzene rings is 2. The Labute approximate surface area is 172 Å². The van der Waals surface area contributed by atoms with E-state index in [1.54, 1.807) is 0 Å². The lowest BCUT2D eigenvalue weighted by Crippen LogP contribution is -2.30. The zero-order valence-electron chi connectivity index (χ0n) is 15.8. The van der Waals surface area contributed by atoms with E-state index < -0.39 is 0 Å². The monoisotopic (exact) mass is 407 g/mol. The Kier molecular flexibility index (Phi) is 6.96. The molecule has 0 saturated carbocycles. The van der Waals surface area contributed by atoms with Gasteiger partial charge in [-0.25, -0.2) is 0 Å². The molecule has 0 aliphatic heterocycles. The summed E-state index contributed by atoms with van der Waals surface area (Å²) in [7, 11) is 2.26. The van der Waals surface area contributed by atoms with Gasteiger partial charge in [0.1, 0.15) is 0 Å². The molecular weight excluding hydrogens is 381 g/mol. The fraction of sp³-hybridized carbons (Fsp3) is 0.455. The predicted octanol–water partition coefficient (Wildman–Crippen LogP) is 7.17. The summed E-state index contributed by atoms with van der Waals surface area (Å²) < 4.78 is 0. The molecule has 3 rings (SSSR count). The minimum Gasteiger partial charge on any atom is -0.299 e. The van der Waals surface area contributed by atoms with Gasteiger partial charge in [0.25, 0.3) is 0 Å². The van der Waals surface area contributed by atoms with E-state index in [0.29, 0.717) is 22.0 Å². The molecule has 0 heterocycles. The lowest BCUT2D eigenvalue weighted by atomic mass is 9.76. The van der Waals surface area contributed by atoms with Gasteiger partial charge in [-0.15, -0.1) is 0 Å². The molecule has 2 atom stereocenters. The van der Waals surface area contributed by atoms with Crippen molar-refractivity contribution >= 4 is 35.0 Å². The van der Waals surface area contributed by atoms with E-state index in [0.717, 1.165) is 18.7 Å². The Bertz CT molecular complexity index is 762. The average molecular weight is 408 g/mol. The van der Waals surface area contributed by atoms with Crippen molar-refractivity contribution in [2.45, 2.75) is 43.9 Å². The Balaban J connectivity index is 2.02. The maximum Gasteiger partial charge on any atom is 0.0595 e. The van der Waals surface area contributed by atoms with Crippen LogP contribution in [-0.4, -0.2) is 24.7 Å². The number of hydrogen-bond donors (Lipinski definition) is 0. The summed E-state index contributed by atoms with van der Waals surface area (Å²) in [5.41, 5.74) is 5.64. The van der Waals surface area contributed by atoms with Gasteiger partial charge >= 0.3 is 0 Å². The lowest BCUT2D eigenvalue weighted by Gasteiger charge is -2.37. The highest BCUT2D eigenvalue weighted by atomic mass is 35.5. The fourth-order valence-electron chi connectivity index (χ4n) is 4.16. The summed E-state index contributed by atoms with van der Waals surface area (Å²) in [6.45, 7) is 3.39. The average Bonchev–Trinajstić information content (AvgIpc) is 2.63. The summed E-state index contributed by atoms with van der Waals surface area (Å²) in [6.07, 6.45) is 5.67. The lowest BCUT2D eigenvalue weighted by molar-refractivity contribution is 0.218. The SMILES string of the molecule is CCCN(C)C1CCC(c2ccc(Cl)c(Cl)c2)c2ccc(CSC)cc21. The standard InChI is InChI=1S/C22H27Cl2NS/c1-4-11-25(2)22-10-8-17(16-6-9-20(23)21(24)13-16)18-7-5-15(14-26-3)12-19(18)22/h5-7,9,12-13,17,22H,4,8,10-11,14H2,1-3H3. The highest BCUT2D eigenvalue weighted by Crippen LogP contribution is 2.44. The molecule has 0 bridgehead atoms. The van der Waals surface area contributed by atoms with Crippen LogP contribution in [-0.2, 0) is 5.75 Å². The first-order valence-corrected chi connectivity index (χ1v) is 11.5. The van der Waals surface area contributed by atoms with Gasteiger partial charge in [-0.05, 0) is 73.5 Å². The summed E-state index contributed by atoms with van der Waals surface area (Å²) >= 11 is 14.3. The molecule has 1 aliphatic rings. The molecule has 0 radical (unpaired) electrons. The van der Waals surface area contributed by atoms with Crippen LogP contribution >= 0.6 is 35.0 Å². The van der Waals surface area contributed by atoms with Crippen molar-refractivity contribution in [3.05, 3.63) is 68.7 Å². The molecular formula is C22H27Cl2NS. The molecule has 0 fully saturated rings. The van der Waals surface area contributed by atoms with Crippen molar-refractivity contribution < 1.29 is 0 Å². The maximum atomic E-state index is 6.30. The van der Waals surface area contributed by atoms with Crippen LogP contribution in [0.25, 0.3) is 0 Å². The van der Waals surface area contributed by atoms with Crippen LogP contribution in [0.4, 0.5) is 0 Å². The zero-order chi connectivity index (χ0) is 18.7. The van der Waals surface area contributed by atoms with Gasteiger partial charge in [0.15, 0.2) is 0 Å². The smallest absolute Gasteiger partial charge is 0.0595 e. The molecule has 1 nitrogen and oxygen atoms in total. The first-order chi connectivity index (χ1) is 12.5. The number of rotatable bonds is 6. The van der Waals surface area contributed by atoms with Crippen molar-refractivity contribution in [1.82, 2.24) is 4.90 Å². The highest BCUT2D eigenvalue weighted by Gasteiger charge is 2.30. The topological polar surface area (TPSA) is 3.24 Å². The second-order valence-corrected chi connectivity index (χ2v) is 8.88. The van der Waals surface area contributed by atoms with Crippen LogP contribution in [0.3, 0.4) is 0 Å². The van der Waals surface area contributed by atoms with E-state index in [4.69, 9.17) is 23.2 Å². The van der Waals surface area contributed by atoms with Gasteiger partial charge in [0.05, 0.1) is 10.0 Å². The van der Waals surface area contributed by atoms with Crippen LogP contribution in [0.1, 0.15) is 60.4 Å². The van der Waals surface area contributed by atoms with Crippen molar-refractivity contribution in [3.63, 3.8) is 0 Å². The maximum absolute atomic E-state index is 6.30. The second kappa shape index (κ2) is 9.01. The zero-order valence-corrected chi connectivity index (χ0v) is 18.1. The normalized spacial score (nSPS) is 19.6. The van der Waals surface area contributed by atoms with Crippen LogP contribution in [0.5, 0.6) is 0 Å². The molecule has 26 heavy (non-hydrogen) atoms. The minimum atomic E-state index is 0.398. The summed E-state index contributed by atoms with van der Waals surface area (Å²) in [6, 6.07) is 13.7. The third-order valence-electron chi connectivity index (χ3n) is 5.38. The van der Waals surface area contributed by atoms with E-state index in [2.05, 4.69) is 49.4 Å². The molecule has 2 aromatic rings. The highest BCUT2D eigenvalue weighted by molar-refractivity contribution is 7.97. The Morgan fingerprint density at radius 2 is 1.85 bits per heavy atom. The molecule has 0 aromatic heterocycles. The third kappa shape index (κ3) is 4.25. The number of thioether (sulfide) groups is 1. The van der Waals surface area contributed by atoms with E-state index >= 15 is 0 Å². The van der Waals surface area contributed by atoms with Gasteiger partial charge in [0.2, 0.25) is 0 Å². The quantitative estimate of drug-likeness (QED) is 0.499. The number of nitrogens with zero attached hydrogens (tertiary/aromatic N) is 1. The van der Waals surface area contributed by atoms with Gasteiger partial charge in [0, 0.05) is 17.7 Å². The third-order valence-corrected chi connectivity index (χ3v) is 6.74. The molecule has 1 aliphatic carbocycles. The Morgan fingerprint density at radius 1 is 1.04 bits per heavy atom. The van der Waals surface area contributed by atoms with Crippen LogP contribution in [0.15, 0.2) is 36.4 Å². The number of hydrogen-bond acceptors (Lipinski definition) is 2. The first-order valence-electron chi connectivity index (χ1n) is 9.32. The van der Waals surface area contributed by atoms with Crippen LogP contribution in [0.2, 0.25) is 10.0 Å². The van der Waals surface area contributed by atoms with E-state index in [-0.39, 0.29) is 0 Å². The van der Waals surface area contributed by atoms with Crippen LogP contribution in [0, 0.1) is 0 Å². The molecule has 4 heteroatoms. The number of fused-ring (bicyclic) bond motifs is 1. The predicted molar refractivity (Wildman–Crippen MR) is 117 cm³/mol. The second-order valence-electron chi connectivity index (χ2n) is 7.20. The molecule has 0 N–H and O–H groups in total. The Hall–Kier alpha value is -0.670. The van der Waals surface area contributed by atoms with Crippen molar-refractivity contribution in [3.8, 4) is 0 Å². The summed E-state index contributed by atoms with van der Waals surface area (Å²) in [5.74, 6) is 1.46.